The van der Waals surface area contributed by atoms with Crippen molar-refractivity contribution in [2.45, 2.75) is 18.8 Å². The first-order valence-corrected chi connectivity index (χ1v) is 10.8. The summed E-state index contributed by atoms with van der Waals surface area (Å²) in [6.07, 6.45) is 7.29. The van der Waals surface area contributed by atoms with Crippen molar-refractivity contribution in [3.05, 3.63) is 82.8 Å². The van der Waals surface area contributed by atoms with E-state index in [2.05, 4.69) is 11.6 Å². The molecule has 0 unspecified atom stereocenters. The van der Waals surface area contributed by atoms with E-state index in [-0.39, 0.29) is 17.6 Å². The predicted octanol–water partition coefficient (Wildman–Crippen LogP) is 3.57. The van der Waals surface area contributed by atoms with Crippen LogP contribution in [-0.2, 0) is 14.9 Å². The molecule has 2 heterocycles. The summed E-state index contributed by atoms with van der Waals surface area (Å²) in [6.45, 7) is 6.33. The quantitative estimate of drug-likeness (QED) is 0.418. The van der Waals surface area contributed by atoms with E-state index in [4.69, 9.17) is 9.47 Å². The fraction of sp³-hybridized carbons (Fsp3) is 0.269. The number of methoxy groups -OCH3 is 1. The van der Waals surface area contributed by atoms with Crippen LogP contribution >= 0.6 is 0 Å². The standard InChI is InChI=1S/C26H24N2O5/c1-4-11-33-18-8-5-16(6-9-18)7-10-21(30)28-14-17-13-26(17)20(28)12-19(29)24-23(26)22(15(2)27-24)25(31)32-3/h4-10,12,17,27H,1,11,13-14H2,2-3H3/b10-7+/t17-,26+/m1/s1. The van der Waals surface area contributed by atoms with E-state index in [1.165, 1.54) is 13.2 Å². The monoisotopic (exact) mass is 444 g/mol. The van der Waals surface area contributed by atoms with Gasteiger partial charge in [0.05, 0.1) is 18.4 Å². The number of piperidine rings is 1. The number of amides is 1. The van der Waals surface area contributed by atoms with Crippen molar-refractivity contribution in [3.8, 4) is 5.75 Å². The van der Waals surface area contributed by atoms with Crippen LogP contribution in [0.2, 0.25) is 0 Å². The van der Waals surface area contributed by atoms with Gasteiger partial charge in [-0.25, -0.2) is 4.79 Å². The third-order valence-electron chi connectivity index (χ3n) is 6.73. The molecule has 2 atom stereocenters. The average Bonchev–Trinajstić information content (AvgIpc) is 3.27. The molecule has 1 aliphatic heterocycles. The van der Waals surface area contributed by atoms with Crippen LogP contribution in [0.25, 0.3) is 6.08 Å². The SMILES string of the molecule is C=CCOc1ccc(/C=C/C(=O)N2C[C@H]3C[C@@]34C2=CC(=O)c2[nH]c(C)c(C(=O)OC)c24)cc1. The molecule has 7 nitrogen and oxygen atoms in total. The first-order chi connectivity index (χ1) is 15.9. The number of likely N-dealkylation sites (tertiary alicyclic amines) is 1. The van der Waals surface area contributed by atoms with Gasteiger partial charge in [-0.15, -0.1) is 0 Å². The van der Waals surface area contributed by atoms with E-state index >= 15 is 0 Å². The summed E-state index contributed by atoms with van der Waals surface area (Å²) in [5.74, 6) is 0.0122. The third-order valence-corrected chi connectivity index (χ3v) is 6.73. The molecule has 3 aliphatic rings. The maximum absolute atomic E-state index is 13.1. The lowest BCUT2D eigenvalue weighted by Crippen LogP contribution is -2.33. The number of fused-ring (bicyclic) bond motifs is 1. The molecule has 0 radical (unpaired) electrons. The van der Waals surface area contributed by atoms with Crippen molar-refractivity contribution in [3.63, 3.8) is 0 Å². The molecule has 7 heteroatoms. The lowest BCUT2D eigenvalue weighted by molar-refractivity contribution is -0.123. The minimum atomic E-state index is -0.481. The van der Waals surface area contributed by atoms with Gasteiger partial charge in [0.15, 0.2) is 0 Å². The lowest BCUT2D eigenvalue weighted by atomic mass is 9.82. The summed E-state index contributed by atoms with van der Waals surface area (Å²) in [5.41, 5.74) is 3.20. The number of nitrogens with one attached hydrogen (secondary N) is 1. The lowest BCUT2D eigenvalue weighted by Gasteiger charge is -2.27. The molecule has 1 amide bonds. The minimum absolute atomic E-state index is 0.174. The number of aromatic amines is 1. The molecule has 1 N–H and O–H groups in total. The normalized spacial score (nSPS) is 22.4. The Labute approximate surface area is 191 Å². The number of rotatable bonds is 6. The number of H-pyrrole nitrogens is 1. The summed E-state index contributed by atoms with van der Waals surface area (Å²) >= 11 is 0. The Bertz CT molecular complexity index is 1250. The Balaban J connectivity index is 1.41. The number of hydrogen-bond donors (Lipinski definition) is 1. The fourth-order valence-electron chi connectivity index (χ4n) is 5.17. The van der Waals surface area contributed by atoms with Crippen molar-refractivity contribution in [2.75, 3.05) is 20.3 Å². The Morgan fingerprint density at radius 1 is 1.30 bits per heavy atom. The minimum Gasteiger partial charge on any atom is -0.490 e. The van der Waals surface area contributed by atoms with E-state index in [0.29, 0.717) is 41.4 Å². The highest BCUT2D eigenvalue weighted by Gasteiger charge is 2.68. The Hall–Kier alpha value is -3.87. The number of carbonyl (C=O) groups excluding carboxylic acids is 3. The molecular weight excluding hydrogens is 420 g/mol. The van der Waals surface area contributed by atoms with Crippen LogP contribution < -0.4 is 4.74 Å². The first-order valence-electron chi connectivity index (χ1n) is 10.8. The Morgan fingerprint density at radius 2 is 2.06 bits per heavy atom. The van der Waals surface area contributed by atoms with Crippen molar-refractivity contribution in [2.24, 2.45) is 5.92 Å². The van der Waals surface area contributed by atoms with Crippen LogP contribution in [0.15, 0.2) is 54.8 Å². The average molecular weight is 444 g/mol. The molecule has 2 aliphatic carbocycles. The Kier molecular flexibility index (Phi) is 4.85. The molecule has 1 saturated heterocycles. The van der Waals surface area contributed by atoms with Gasteiger partial charge in [0.1, 0.15) is 12.4 Å². The van der Waals surface area contributed by atoms with Crippen molar-refractivity contribution in [1.82, 2.24) is 9.88 Å². The number of aromatic nitrogens is 1. The maximum atomic E-state index is 13.1. The zero-order chi connectivity index (χ0) is 23.3. The van der Waals surface area contributed by atoms with E-state index in [9.17, 15) is 14.4 Å². The number of nitrogens with zero attached hydrogens (tertiary/aromatic N) is 1. The molecule has 1 saturated carbocycles. The Morgan fingerprint density at radius 3 is 2.76 bits per heavy atom. The van der Waals surface area contributed by atoms with Crippen LogP contribution in [-0.4, -0.2) is 47.8 Å². The molecule has 33 heavy (non-hydrogen) atoms. The fourth-order valence-corrected chi connectivity index (χ4v) is 5.17. The van der Waals surface area contributed by atoms with Gasteiger partial charge in [-0.3, -0.25) is 9.59 Å². The molecule has 1 aromatic heterocycles. The number of hydrogen-bond acceptors (Lipinski definition) is 5. The molecular formula is C26H24N2O5. The van der Waals surface area contributed by atoms with Crippen LogP contribution in [0.5, 0.6) is 5.75 Å². The highest BCUT2D eigenvalue weighted by atomic mass is 16.5. The largest absolute Gasteiger partial charge is 0.490 e. The van der Waals surface area contributed by atoms with Crippen LogP contribution in [0.1, 0.15) is 44.1 Å². The number of ketones is 1. The summed E-state index contributed by atoms with van der Waals surface area (Å²) in [4.78, 5) is 43.2. The smallest absolute Gasteiger partial charge is 0.340 e. The van der Waals surface area contributed by atoms with Crippen LogP contribution in [0, 0.1) is 12.8 Å². The van der Waals surface area contributed by atoms with Crippen LogP contribution in [0.4, 0.5) is 0 Å². The summed E-state index contributed by atoms with van der Waals surface area (Å²) in [7, 11) is 1.33. The molecule has 0 bridgehead atoms. The van der Waals surface area contributed by atoms with Gasteiger partial charge in [0.25, 0.3) is 5.91 Å². The molecule has 1 aromatic carbocycles. The molecule has 2 fully saturated rings. The van der Waals surface area contributed by atoms with Gasteiger partial charge in [0.2, 0.25) is 5.78 Å². The van der Waals surface area contributed by atoms with E-state index in [0.717, 1.165) is 17.7 Å². The van der Waals surface area contributed by atoms with Gasteiger partial charge in [-0.05, 0) is 43.0 Å². The second-order valence-corrected chi connectivity index (χ2v) is 8.58. The molecule has 2 aromatic rings. The van der Waals surface area contributed by atoms with E-state index in [1.807, 2.05) is 24.3 Å². The molecule has 168 valence electrons. The van der Waals surface area contributed by atoms with Gasteiger partial charge < -0.3 is 19.4 Å². The number of ether oxygens (including phenoxy) is 2. The molecule has 5 rings (SSSR count). The highest BCUT2D eigenvalue weighted by molar-refractivity contribution is 6.11. The highest BCUT2D eigenvalue weighted by Crippen LogP contribution is 2.67. The van der Waals surface area contributed by atoms with Gasteiger partial charge >= 0.3 is 5.97 Å². The van der Waals surface area contributed by atoms with Gasteiger partial charge in [-0.2, -0.15) is 0 Å². The predicted molar refractivity (Wildman–Crippen MR) is 122 cm³/mol. The van der Waals surface area contributed by atoms with Crippen molar-refractivity contribution < 1.29 is 23.9 Å². The topological polar surface area (TPSA) is 88.7 Å². The number of benzene rings is 1. The second kappa shape index (κ2) is 7.62. The van der Waals surface area contributed by atoms with E-state index in [1.54, 1.807) is 30.1 Å². The first kappa shape index (κ1) is 21.0. The molecule has 1 spiro atoms. The van der Waals surface area contributed by atoms with Gasteiger partial charge in [-0.1, -0.05) is 24.8 Å². The van der Waals surface area contributed by atoms with Gasteiger partial charge in [0, 0.05) is 41.1 Å². The number of allylic oxidation sites excluding steroid dienone is 2. The summed E-state index contributed by atoms with van der Waals surface area (Å²) < 4.78 is 10.5. The second-order valence-electron chi connectivity index (χ2n) is 8.58. The third kappa shape index (κ3) is 3.15. The van der Waals surface area contributed by atoms with Crippen LogP contribution in [0.3, 0.4) is 0 Å². The van der Waals surface area contributed by atoms with Crippen molar-refractivity contribution >= 4 is 23.7 Å². The van der Waals surface area contributed by atoms with Crippen molar-refractivity contribution in [1.29, 1.82) is 0 Å². The zero-order valence-corrected chi connectivity index (χ0v) is 18.5. The number of carbonyl (C=O) groups is 3. The summed E-state index contributed by atoms with van der Waals surface area (Å²) in [5, 5.41) is 0. The number of esters is 1. The number of aryl methyl sites for hydroxylation is 1. The zero-order valence-electron chi connectivity index (χ0n) is 18.5. The summed E-state index contributed by atoms with van der Waals surface area (Å²) in [6, 6.07) is 7.40. The maximum Gasteiger partial charge on any atom is 0.340 e. The van der Waals surface area contributed by atoms with E-state index < -0.39 is 11.4 Å².